The van der Waals surface area contributed by atoms with Crippen molar-refractivity contribution >= 4 is 5.97 Å². The van der Waals surface area contributed by atoms with E-state index in [4.69, 9.17) is 14.2 Å². The standard InChI is InChI=1S/C17H22N2O4/c1-10-8-19(9-11(2)22-10)12-6-13-15-14(23-17(13)20)4-3-5-21-16(15)18-7-12/h6-7,10-11,14,18H,3-5,8-9H2,1-2H3. The molecule has 2 fully saturated rings. The molecule has 0 amide bonds. The molecule has 3 unspecified atom stereocenters. The number of nitrogens with one attached hydrogen (secondary N) is 1. The molecule has 2 saturated heterocycles. The lowest BCUT2D eigenvalue weighted by Crippen LogP contribution is -2.44. The predicted molar refractivity (Wildman–Crippen MR) is 83.0 cm³/mol. The van der Waals surface area contributed by atoms with E-state index in [-0.39, 0.29) is 24.3 Å². The third-order valence-corrected chi connectivity index (χ3v) is 4.61. The van der Waals surface area contributed by atoms with Crippen LogP contribution >= 0.6 is 0 Å². The van der Waals surface area contributed by atoms with Gasteiger partial charge in [0.2, 0.25) is 0 Å². The molecular weight excluding hydrogens is 296 g/mol. The van der Waals surface area contributed by atoms with Crippen molar-refractivity contribution in [1.29, 1.82) is 0 Å². The molecule has 6 heteroatoms. The molecule has 4 aliphatic rings. The Balaban J connectivity index is 1.68. The number of carbonyl (C=O) groups excluding carboxylic acids is 1. The molecule has 4 aliphatic heterocycles. The van der Waals surface area contributed by atoms with Crippen LogP contribution in [-0.2, 0) is 19.0 Å². The minimum atomic E-state index is -0.253. The number of allylic oxidation sites excluding steroid dienone is 1. The van der Waals surface area contributed by atoms with Gasteiger partial charge in [0.05, 0.1) is 35.7 Å². The van der Waals surface area contributed by atoms with Crippen LogP contribution in [0.2, 0.25) is 0 Å². The number of hydrogen-bond acceptors (Lipinski definition) is 6. The molecule has 23 heavy (non-hydrogen) atoms. The smallest absolute Gasteiger partial charge is 0.339 e. The summed E-state index contributed by atoms with van der Waals surface area (Å²) in [6.07, 6.45) is 5.68. The van der Waals surface area contributed by atoms with E-state index in [2.05, 4.69) is 24.1 Å². The topological polar surface area (TPSA) is 60.0 Å². The van der Waals surface area contributed by atoms with Gasteiger partial charge in [-0.1, -0.05) is 0 Å². The first-order valence-electron chi connectivity index (χ1n) is 8.29. The summed E-state index contributed by atoms with van der Waals surface area (Å²) >= 11 is 0. The van der Waals surface area contributed by atoms with Gasteiger partial charge < -0.3 is 24.4 Å². The highest BCUT2D eigenvalue weighted by atomic mass is 16.6. The van der Waals surface area contributed by atoms with Gasteiger partial charge in [-0.25, -0.2) is 4.79 Å². The lowest BCUT2D eigenvalue weighted by Gasteiger charge is -2.37. The summed E-state index contributed by atoms with van der Waals surface area (Å²) in [5.74, 6) is 0.408. The normalized spacial score (nSPS) is 33.6. The van der Waals surface area contributed by atoms with E-state index >= 15 is 0 Å². The largest absolute Gasteiger partial charge is 0.479 e. The van der Waals surface area contributed by atoms with Crippen LogP contribution in [0.4, 0.5) is 0 Å². The van der Waals surface area contributed by atoms with Crippen LogP contribution in [0.5, 0.6) is 0 Å². The third-order valence-electron chi connectivity index (χ3n) is 4.61. The molecule has 0 aromatic rings. The van der Waals surface area contributed by atoms with Crippen molar-refractivity contribution in [3.8, 4) is 0 Å². The van der Waals surface area contributed by atoms with Crippen LogP contribution < -0.4 is 5.32 Å². The van der Waals surface area contributed by atoms with Crippen LogP contribution in [0, 0.1) is 0 Å². The van der Waals surface area contributed by atoms with E-state index in [1.165, 1.54) is 0 Å². The molecule has 0 radical (unpaired) electrons. The second-order valence-corrected chi connectivity index (χ2v) is 6.56. The Morgan fingerprint density at radius 2 is 2.04 bits per heavy atom. The van der Waals surface area contributed by atoms with Crippen LogP contribution in [0.25, 0.3) is 0 Å². The number of hydrogen-bond donors (Lipinski definition) is 1. The van der Waals surface area contributed by atoms with Gasteiger partial charge >= 0.3 is 5.97 Å². The van der Waals surface area contributed by atoms with Gasteiger partial charge in [-0.05, 0) is 32.8 Å². The van der Waals surface area contributed by atoms with Gasteiger partial charge in [0.1, 0.15) is 6.10 Å². The summed E-state index contributed by atoms with van der Waals surface area (Å²) in [4.78, 5) is 14.5. The summed E-state index contributed by atoms with van der Waals surface area (Å²) in [6.45, 7) is 6.37. The zero-order valence-corrected chi connectivity index (χ0v) is 13.5. The van der Waals surface area contributed by atoms with E-state index in [0.717, 1.165) is 37.2 Å². The van der Waals surface area contributed by atoms with Crippen LogP contribution in [-0.4, -0.2) is 48.9 Å². The summed E-state index contributed by atoms with van der Waals surface area (Å²) < 4.78 is 17.1. The van der Waals surface area contributed by atoms with Gasteiger partial charge in [-0.2, -0.15) is 0 Å². The lowest BCUT2D eigenvalue weighted by atomic mass is 10.0. The van der Waals surface area contributed by atoms with Crippen molar-refractivity contribution in [2.75, 3.05) is 19.7 Å². The summed E-state index contributed by atoms with van der Waals surface area (Å²) in [6, 6.07) is 0. The molecule has 0 aromatic carbocycles. The van der Waals surface area contributed by atoms with E-state index in [1.54, 1.807) is 0 Å². The molecule has 124 valence electrons. The molecule has 0 bridgehead atoms. The summed E-state index contributed by atoms with van der Waals surface area (Å²) in [7, 11) is 0. The highest BCUT2D eigenvalue weighted by Crippen LogP contribution is 2.36. The van der Waals surface area contributed by atoms with Gasteiger partial charge in [0, 0.05) is 19.3 Å². The minimum Gasteiger partial charge on any atom is -0.479 e. The first-order valence-corrected chi connectivity index (χ1v) is 8.29. The Bertz CT molecular complexity index is 612. The molecule has 6 nitrogen and oxygen atoms in total. The number of carbonyl (C=O) groups is 1. The SMILES string of the molecule is CC1CN(C2=CNC3=C4C(=C2)C(=O)OC4CCCO3)CC(C)O1. The van der Waals surface area contributed by atoms with Crippen molar-refractivity contribution in [3.63, 3.8) is 0 Å². The van der Waals surface area contributed by atoms with E-state index in [9.17, 15) is 4.79 Å². The second kappa shape index (κ2) is 5.60. The molecule has 3 atom stereocenters. The second-order valence-electron chi connectivity index (χ2n) is 6.56. The van der Waals surface area contributed by atoms with E-state index < -0.39 is 0 Å². The predicted octanol–water partition coefficient (Wildman–Crippen LogP) is 1.41. The van der Waals surface area contributed by atoms with Gasteiger partial charge in [-0.15, -0.1) is 0 Å². The number of morpholine rings is 1. The van der Waals surface area contributed by atoms with Crippen molar-refractivity contribution in [3.05, 3.63) is 35.0 Å². The Morgan fingerprint density at radius 3 is 2.83 bits per heavy atom. The Labute approximate surface area is 135 Å². The molecule has 0 aliphatic carbocycles. The van der Waals surface area contributed by atoms with Crippen LogP contribution in [0.1, 0.15) is 26.7 Å². The maximum atomic E-state index is 12.3. The fourth-order valence-electron chi connectivity index (χ4n) is 3.68. The molecule has 0 spiro atoms. The van der Waals surface area contributed by atoms with Gasteiger partial charge in [0.25, 0.3) is 0 Å². The summed E-state index contributed by atoms with van der Waals surface area (Å²) in [5, 5.41) is 3.25. The van der Waals surface area contributed by atoms with Gasteiger partial charge in [0.15, 0.2) is 5.88 Å². The first-order chi connectivity index (χ1) is 11.1. The zero-order valence-electron chi connectivity index (χ0n) is 13.5. The molecule has 0 aromatic heterocycles. The van der Waals surface area contributed by atoms with Crippen molar-refractivity contribution in [2.45, 2.75) is 45.0 Å². The quantitative estimate of drug-likeness (QED) is 0.738. The molecule has 1 N–H and O–H groups in total. The molecule has 4 rings (SSSR count). The fourth-order valence-corrected chi connectivity index (χ4v) is 3.68. The molecular formula is C17H22N2O4. The fraction of sp³-hybridized carbons (Fsp3) is 0.588. The van der Waals surface area contributed by atoms with E-state index in [1.807, 2.05) is 12.3 Å². The molecule has 4 heterocycles. The maximum absolute atomic E-state index is 12.3. The zero-order chi connectivity index (χ0) is 16.0. The Kier molecular flexibility index (Phi) is 3.56. The van der Waals surface area contributed by atoms with Gasteiger partial charge in [-0.3, -0.25) is 0 Å². The monoisotopic (exact) mass is 318 g/mol. The number of nitrogens with zero attached hydrogens (tertiary/aromatic N) is 1. The summed E-state index contributed by atoms with van der Waals surface area (Å²) in [5.41, 5.74) is 2.46. The number of rotatable bonds is 1. The van der Waals surface area contributed by atoms with Crippen LogP contribution in [0.3, 0.4) is 0 Å². The van der Waals surface area contributed by atoms with Crippen LogP contribution in [0.15, 0.2) is 35.0 Å². The Hall–Kier alpha value is -1.95. The Morgan fingerprint density at radius 1 is 1.26 bits per heavy atom. The highest BCUT2D eigenvalue weighted by molar-refractivity contribution is 5.98. The number of ether oxygens (including phenoxy) is 3. The average molecular weight is 318 g/mol. The number of esters is 1. The minimum absolute atomic E-state index is 0.159. The van der Waals surface area contributed by atoms with Crippen molar-refractivity contribution < 1.29 is 19.0 Å². The lowest BCUT2D eigenvalue weighted by molar-refractivity contribution is -0.138. The first kappa shape index (κ1) is 14.6. The van der Waals surface area contributed by atoms with Crippen molar-refractivity contribution in [1.82, 2.24) is 10.2 Å². The maximum Gasteiger partial charge on any atom is 0.339 e. The highest BCUT2D eigenvalue weighted by Gasteiger charge is 2.40. The molecule has 0 saturated carbocycles. The van der Waals surface area contributed by atoms with Crippen molar-refractivity contribution in [2.24, 2.45) is 0 Å². The third kappa shape index (κ3) is 2.61. The average Bonchev–Trinajstić information content (AvgIpc) is 2.67. The van der Waals surface area contributed by atoms with E-state index in [0.29, 0.717) is 18.1 Å².